The van der Waals surface area contributed by atoms with Crippen LogP contribution in [0, 0.1) is 5.82 Å². The van der Waals surface area contributed by atoms with Gasteiger partial charge in [-0.05, 0) is 102 Å². The Morgan fingerprint density at radius 3 is 2.21 bits per heavy atom. The van der Waals surface area contributed by atoms with E-state index in [2.05, 4.69) is 58.7 Å². The summed E-state index contributed by atoms with van der Waals surface area (Å²) in [7, 11) is 1.71. The first-order valence-corrected chi connectivity index (χ1v) is 24.6. The minimum atomic E-state index is -0.609. The Bertz CT molecular complexity index is 2430. The lowest BCUT2D eigenvalue weighted by Crippen LogP contribution is -2.59. The van der Waals surface area contributed by atoms with E-state index in [1.54, 1.807) is 31.6 Å². The lowest BCUT2D eigenvalue weighted by Gasteiger charge is -2.39. The molecule has 16 heteroatoms. The van der Waals surface area contributed by atoms with Gasteiger partial charge in [0.05, 0.1) is 83.4 Å². The van der Waals surface area contributed by atoms with Crippen LogP contribution in [0.2, 0.25) is 0 Å². The number of piperazine rings is 1. The maximum atomic E-state index is 14.0. The van der Waals surface area contributed by atoms with E-state index < -0.39 is 6.04 Å². The maximum Gasteiger partial charge on any atom is 0.241 e. The summed E-state index contributed by atoms with van der Waals surface area (Å²) in [5, 5.41) is 9.76. The van der Waals surface area contributed by atoms with Gasteiger partial charge in [0.2, 0.25) is 11.8 Å². The first-order chi connectivity index (χ1) is 34.5. The normalized spacial score (nSPS) is 16.9. The molecule has 1 saturated heterocycles. The number of ether oxygens (including phenoxy) is 6. The molecule has 3 N–H and O–H groups in total. The van der Waals surface area contributed by atoms with E-state index in [9.17, 15) is 14.0 Å². The van der Waals surface area contributed by atoms with E-state index >= 15 is 0 Å². The molecular formula is C55H70FN7O8. The summed E-state index contributed by atoms with van der Waals surface area (Å²) in [5.41, 5.74) is 7.14. The third-order valence-corrected chi connectivity index (χ3v) is 12.5. The second kappa shape index (κ2) is 27.2. The van der Waals surface area contributed by atoms with Gasteiger partial charge in [-0.2, -0.15) is 0 Å². The van der Waals surface area contributed by atoms with E-state index in [1.165, 1.54) is 12.1 Å². The number of nitrogens with zero attached hydrogens (tertiary/aromatic N) is 4. The van der Waals surface area contributed by atoms with Gasteiger partial charge in [0.25, 0.3) is 0 Å². The molecule has 0 saturated carbocycles. The lowest BCUT2D eigenvalue weighted by molar-refractivity contribution is -0.121. The van der Waals surface area contributed by atoms with Crippen molar-refractivity contribution in [3.05, 3.63) is 138 Å². The predicted molar refractivity (Wildman–Crippen MR) is 273 cm³/mol. The number of benzene rings is 3. The number of nitrogens with one attached hydrogen (secondary N) is 3. The lowest BCUT2D eigenvalue weighted by atomic mass is 9.91. The highest BCUT2D eigenvalue weighted by Crippen LogP contribution is 2.40. The van der Waals surface area contributed by atoms with Gasteiger partial charge in [-0.15, -0.1) is 0 Å². The molecule has 380 valence electrons. The van der Waals surface area contributed by atoms with Crippen LogP contribution in [0.1, 0.15) is 43.2 Å². The zero-order valence-corrected chi connectivity index (χ0v) is 41.6. The van der Waals surface area contributed by atoms with Crippen molar-refractivity contribution in [2.75, 3.05) is 116 Å². The Balaban J connectivity index is 0.734. The van der Waals surface area contributed by atoms with Crippen molar-refractivity contribution in [3.8, 4) is 16.9 Å². The average Bonchev–Trinajstić information content (AvgIpc) is 3.64. The molecule has 2 aromatic heterocycles. The molecule has 0 spiro atoms. The summed E-state index contributed by atoms with van der Waals surface area (Å²) in [6.07, 6.45) is 6.38. The second-order valence-electron chi connectivity index (χ2n) is 18.7. The van der Waals surface area contributed by atoms with Crippen LogP contribution in [0.15, 0.2) is 110 Å². The highest BCUT2D eigenvalue weighted by molar-refractivity contribution is 5.97. The molecule has 3 aromatic carbocycles. The maximum absolute atomic E-state index is 14.0. The molecule has 15 nitrogen and oxygen atoms in total. The molecular weight excluding hydrogens is 906 g/mol. The third kappa shape index (κ3) is 16.4. The van der Waals surface area contributed by atoms with Crippen LogP contribution in [0.5, 0.6) is 5.75 Å². The summed E-state index contributed by atoms with van der Waals surface area (Å²) in [4.78, 5) is 40.4. The van der Waals surface area contributed by atoms with E-state index in [1.807, 2.05) is 65.7 Å². The SMILES string of the molecule is COC[C@H]1CN[C@H](C)CN1CC(=O)N1CC(C)(C)c2ncc(Cc3cccc(OCCOCCOCCOCCOCCN[C@H](Cc4cccc(F)c4)C(=O)Nc4ccc(-c5ccncc5)cc4)c3)cc21. The molecule has 5 aromatic rings. The van der Waals surface area contributed by atoms with Gasteiger partial charge in [-0.25, -0.2) is 4.39 Å². The molecule has 2 aliphatic rings. The van der Waals surface area contributed by atoms with Crippen LogP contribution in [-0.2, 0) is 51.5 Å². The molecule has 2 amide bonds. The number of rotatable bonds is 28. The third-order valence-electron chi connectivity index (χ3n) is 12.5. The Morgan fingerprint density at radius 2 is 1.49 bits per heavy atom. The molecule has 71 heavy (non-hydrogen) atoms. The van der Waals surface area contributed by atoms with Crippen molar-refractivity contribution in [1.29, 1.82) is 0 Å². The first-order valence-electron chi connectivity index (χ1n) is 24.6. The summed E-state index contributed by atoms with van der Waals surface area (Å²) in [6, 6.07) is 27.7. The van der Waals surface area contributed by atoms with Gasteiger partial charge < -0.3 is 49.3 Å². The van der Waals surface area contributed by atoms with E-state index in [0.29, 0.717) is 116 Å². The van der Waals surface area contributed by atoms with E-state index in [0.717, 1.165) is 52.5 Å². The molecule has 1 fully saturated rings. The van der Waals surface area contributed by atoms with Crippen molar-refractivity contribution in [2.24, 2.45) is 0 Å². The topological polar surface area (TPSA) is 158 Å². The van der Waals surface area contributed by atoms with Gasteiger partial charge in [0.1, 0.15) is 18.2 Å². The molecule has 4 heterocycles. The summed E-state index contributed by atoms with van der Waals surface area (Å²) < 4.78 is 48.2. The molecule has 0 unspecified atom stereocenters. The number of pyridine rings is 2. The quantitative estimate of drug-likeness (QED) is 0.0496. The largest absolute Gasteiger partial charge is 0.491 e. The Kier molecular flexibility index (Phi) is 20.4. The highest BCUT2D eigenvalue weighted by atomic mass is 19.1. The number of halogens is 1. The smallest absolute Gasteiger partial charge is 0.241 e. The van der Waals surface area contributed by atoms with Gasteiger partial charge in [0.15, 0.2) is 0 Å². The second-order valence-corrected chi connectivity index (χ2v) is 18.7. The number of fused-ring (bicyclic) bond motifs is 1. The number of carbonyl (C=O) groups is 2. The van der Waals surface area contributed by atoms with Crippen LogP contribution in [0.4, 0.5) is 15.8 Å². The van der Waals surface area contributed by atoms with Crippen molar-refractivity contribution in [2.45, 2.75) is 57.2 Å². The van der Waals surface area contributed by atoms with Crippen molar-refractivity contribution >= 4 is 23.2 Å². The Morgan fingerprint density at radius 1 is 0.817 bits per heavy atom. The minimum absolute atomic E-state index is 0.0849. The number of methoxy groups -OCH3 is 1. The zero-order valence-electron chi connectivity index (χ0n) is 41.6. The van der Waals surface area contributed by atoms with E-state index in [-0.39, 0.29) is 29.1 Å². The van der Waals surface area contributed by atoms with Crippen LogP contribution in [-0.4, -0.2) is 151 Å². The van der Waals surface area contributed by atoms with Crippen molar-refractivity contribution < 1.29 is 42.4 Å². The fourth-order valence-electron chi connectivity index (χ4n) is 8.88. The van der Waals surface area contributed by atoms with Crippen LogP contribution in [0.25, 0.3) is 11.1 Å². The molecule has 0 radical (unpaired) electrons. The van der Waals surface area contributed by atoms with Crippen LogP contribution < -0.4 is 25.6 Å². The number of aromatic nitrogens is 2. The standard InChI is InChI=1S/C55H70FN7O8/c1-40-36-62(48(35-59-40)38-66-4)37-52(64)63-39-55(2,3)53-51(63)33-43(34-60-53)29-41-8-6-10-49(31-41)71-28-27-70-26-25-69-24-23-68-22-21-67-20-19-58-50(32-42-7-5-9-46(56)30-42)54(65)61-47-13-11-44(12-14-47)45-15-17-57-18-16-45/h5-18,30-31,33-34,40,48,50,58-59H,19-29,32,35-39H2,1-4H3,(H,61,65)/t40-,48-,50-/m1/s1. The van der Waals surface area contributed by atoms with Gasteiger partial charge >= 0.3 is 0 Å². The molecule has 0 bridgehead atoms. The number of hydrogen-bond donors (Lipinski definition) is 3. The first kappa shape index (κ1) is 53.1. The number of anilines is 2. The summed E-state index contributed by atoms with van der Waals surface area (Å²) in [6.45, 7) is 13.6. The molecule has 2 aliphatic heterocycles. The number of carbonyl (C=O) groups excluding carboxylic acids is 2. The molecule has 0 aliphatic carbocycles. The molecule has 3 atom stereocenters. The van der Waals surface area contributed by atoms with Gasteiger partial charge in [0, 0.05) is 75.1 Å². The van der Waals surface area contributed by atoms with Crippen molar-refractivity contribution in [1.82, 2.24) is 25.5 Å². The average molecular weight is 976 g/mol. The summed E-state index contributed by atoms with van der Waals surface area (Å²) >= 11 is 0. The van der Waals surface area contributed by atoms with Crippen molar-refractivity contribution in [3.63, 3.8) is 0 Å². The van der Waals surface area contributed by atoms with Gasteiger partial charge in [-0.1, -0.05) is 50.2 Å². The summed E-state index contributed by atoms with van der Waals surface area (Å²) in [5.74, 6) is 0.273. The van der Waals surface area contributed by atoms with Crippen LogP contribution in [0.3, 0.4) is 0 Å². The zero-order chi connectivity index (χ0) is 49.8. The minimum Gasteiger partial charge on any atom is -0.491 e. The van der Waals surface area contributed by atoms with Crippen LogP contribution >= 0.6 is 0 Å². The Labute approximate surface area is 417 Å². The monoisotopic (exact) mass is 976 g/mol. The molecule has 7 rings (SSSR count). The van der Waals surface area contributed by atoms with E-state index in [4.69, 9.17) is 33.4 Å². The fourth-order valence-corrected chi connectivity index (χ4v) is 8.88. The predicted octanol–water partition coefficient (Wildman–Crippen LogP) is 6.09. The number of amides is 2. The Hall–Kier alpha value is -5.69. The fraction of sp³-hybridized carbons (Fsp3) is 0.455. The highest BCUT2D eigenvalue weighted by Gasteiger charge is 2.40. The van der Waals surface area contributed by atoms with Gasteiger partial charge in [-0.3, -0.25) is 24.5 Å². The number of hydrogen-bond acceptors (Lipinski definition) is 13.